The fraction of sp³-hybridized carbons (Fsp3) is 0.833. The number of rotatable bonds is 12. The first kappa shape index (κ1) is 18.2. The van der Waals surface area contributed by atoms with Crippen molar-refractivity contribution in [1.29, 1.82) is 0 Å². The monoisotopic (exact) mass is 293 g/mol. The van der Waals surface area contributed by atoms with Gasteiger partial charge in [-0.1, -0.05) is 71.1 Å². The largest absolute Gasteiger partial charge is 0.323 e. The third kappa shape index (κ3) is 7.66. The summed E-state index contributed by atoms with van der Waals surface area (Å²) in [4.78, 5) is 0. The van der Waals surface area contributed by atoms with Gasteiger partial charge in [-0.25, -0.2) is 0 Å². The number of nitrogens with zero attached hydrogens (tertiary/aromatic N) is 2. The van der Waals surface area contributed by atoms with Gasteiger partial charge in [-0.2, -0.15) is 5.10 Å². The molecule has 1 rings (SSSR count). The van der Waals surface area contributed by atoms with Crippen molar-refractivity contribution in [2.75, 3.05) is 0 Å². The third-order valence-electron chi connectivity index (χ3n) is 4.29. The Labute approximate surface area is 131 Å². The summed E-state index contributed by atoms with van der Waals surface area (Å²) in [6, 6.07) is 2.26. The zero-order valence-corrected chi connectivity index (χ0v) is 14.4. The molecule has 0 bridgehead atoms. The van der Waals surface area contributed by atoms with E-state index in [4.69, 9.17) is 5.73 Å². The predicted octanol–water partition coefficient (Wildman–Crippen LogP) is 5.04. The minimum absolute atomic E-state index is 0.144. The maximum atomic E-state index is 6.26. The Morgan fingerprint density at radius 1 is 1.00 bits per heavy atom. The molecular weight excluding hydrogens is 258 g/mol. The highest BCUT2D eigenvalue weighted by molar-refractivity contribution is 5.12. The summed E-state index contributed by atoms with van der Waals surface area (Å²) in [5.74, 6) is 0. The Morgan fingerprint density at radius 2 is 1.52 bits per heavy atom. The number of hydrogen-bond acceptors (Lipinski definition) is 2. The third-order valence-corrected chi connectivity index (χ3v) is 4.29. The molecule has 21 heavy (non-hydrogen) atoms. The fourth-order valence-corrected chi connectivity index (χ4v) is 2.98. The highest BCUT2D eigenvalue weighted by Gasteiger charge is 2.10. The molecule has 1 aromatic rings. The van der Waals surface area contributed by atoms with E-state index in [1.807, 2.05) is 18.7 Å². The van der Waals surface area contributed by atoms with Crippen LogP contribution in [0.25, 0.3) is 0 Å². The molecule has 1 unspecified atom stereocenters. The summed E-state index contributed by atoms with van der Waals surface area (Å²) in [6.07, 6.45) is 14.8. The van der Waals surface area contributed by atoms with Crippen LogP contribution in [-0.2, 0) is 7.05 Å². The SMILES string of the molecule is CCCCCCCCCCCCC(N)c1cc(C)nn1C. The molecule has 1 atom stereocenters. The van der Waals surface area contributed by atoms with Crippen LogP contribution >= 0.6 is 0 Å². The highest BCUT2D eigenvalue weighted by Crippen LogP contribution is 2.18. The van der Waals surface area contributed by atoms with Crippen molar-refractivity contribution < 1.29 is 0 Å². The van der Waals surface area contributed by atoms with Crippen molar-refractivity contribution in [3.05, 3.63) is 17.5 Å². The smallest absolute Gasteiger partial charge is 0.0597 e. The average Bonchev–Trinajstić information content (AvgIpc) is 2.79. The second kappa shape index (κ2) is 10.8. The van der Waals surface area contributed by atoms with Crippen LogP contribution in [0.4, 0.5) is 0 Å². The van der Waals surface area contributed by atoms with Gasteiger partial charge in [0.2, 0.25) is 0 Å². The second-order valence-corrected chi connectivity index (χ2v) is 6.41. The molecule has 0 aliphatic carbocycles. The highest BCUT2D eigenvalue weighted by atomic mass is 15.3. The lowest BCUT2D eigenvalue weighted by Gasteiger charge is -2.11. The van der Waals surface area contributed by atoms with Gasteiger partial charge in [0.15, 0.2) is 0 Å². The Hall–Kier alpha value is -0.830. The van der Waals surface area contributed by atoms with Crippen LogP contribution in [0, 0.1) is 6.92 Å². The first-order valence-electron chi connectivity index (χ1n) is 8.91. The lowest BCUT2D eigenvalue weighted by atomic mass is 10.0. The van der Waals surface area contributed by atoms with Crippen LogP contribution in [0.1, 0.15) is 95.0 Å². The molecule has 2 N–H and O–H groups in total. The number of aromatic nitrogens is 2. The van der Waals surface area contributed by atoms with E-state index < -0.39 is 0 Å². The zero-order valence-electron chi connectivity index (χ0n) is 14.4. The van der Waals surface area contributed by atoms with Crippen LogP contribution in [0.3, 0.4) is 0 Å². The van der Waals surface area contributed by atoms with Crippen LogP contribution in [-0.4, -0.2) is 9.78 Å². The molecule has 0 aromatic carbocycles. The molecule has 0 radical (unpaired) electrons. The first-order valence-corrected chi connectivity index (χ1v) is 8.91. The standard InChI is InChI=1S/C18H35N3/c1-4-5-6-7-8-9-10-11-12-13-14-17(19)18-15-16(2)20-21(18)3/h15,17H,4-14,19H2,1-3H3. The summed E-state index contributed by atoms with van der Waals surface area (Å²) in [6.45, 7) is 4.30. The van der Waals surface area contributed by atoms with Crippen molar-refractivity contribution in [1.82, 2.24) is 9.78 Å². The molecule has 122 valence electrons. The Kier molecular flexibility index (Phi) is 9.40. The molecule has 0 fully saturated rings. The van der Waals surface area contributed by atoms with E-state index in [0.717, 1.165) is 12.1 Å². The number of unbranched alkanes of at least 4 members (excludes halogenated alkanes) is 9. The maximum absolute atomic E-state index is 6.26. The van der Waals surface area contributed by atoms with E-state index in [2.05, 4.69) is 18.1 Å². The molecule has 0 saturated carbocycles. The predicted molar refractivity (Wildman–Crippen MR) is 91.3 cm³/mol. The van der Waals surface area contributed by atoms with Crippen LogP contribution in [0.2, 0.25) is 0 Å². The molecule has 0 aliphatic rings. The zero-order chi connectivity index (χ0) is 15.5. The van der Waals surface area contributed by atoms with Gasteiger partial charge in [0, 0.05) is 13.1 Å². The van der Waals surface area contributed by atoms with Crippen LogP contribution in [0.15, 0.2) is 6.07 Å². The molecule has 0 spiro atoms. The Balaban J connectivity index is 1.98. The molecule has 0 aliphatic heterocycles. The first-order chi connectivity index (χ1) is 10.1. The normalized spacial score (nSPS) is 12.8. The van der Waals surface area contributed by atoms with E-state index in [0.29, 0.717) is 0 Å². The Morgan fingerprint density at radius 3 is 2.00 bits per heavy atom. The molecule has 3 nitrogen and oxygen atoms in total. The van der Waals surface area contributed by atoms with Gasteiger partial charge >= 0.3 is 0 Å². The molecule has 0 saturated heterocycles. The van der Waals surface area contributed by atoms with Crippen molar-refractivity contribution in [3.63, 3.8) is 0 Å². The van der Waals surface area contributed by atoms with Crippen molar-refractivity contribution in [3.8, 4) is 0 Å². The van der Waals surface area contributed by atoms with Gasteiger partial charge in [-0.15, -0.1) is 0 Å². The minimum atomic E-state index is 0.144. The quantitative estimate of drug-likeness (QED) is 0.549. The summed E-state index contributed by atoms with van der Waals surface area (Å²) in [7, 11) is 1.99. The summed E-state index contributed by atoms with van der Waals surface area (Å²) in [5.41, 5.74) is 8.49. The van der Waals surface area contributed by atoms with E-state index in [1.54, 1.807) is 0 Å². The number of hydrogen-bond donors (Lipinski definition) is 1. The van der Waals surface area contributed by atoms with Gasteiger partial charge in [-0.05, 0) is 19.4 Å². The average molecular weight is 293 g/mol. The summed E-state index contributed by atoms with van der Waals surface area (Å²) >= 11 is 0. The van der Waals surface area contributed by atoms with Crippen molar-refractivity contribution in [2.24, 2.45) is 12.8 Å². The summed E-state index contributed by atoms with van der Waals surface area (Å²) < 4.78 is 1.93. The van der Waals surface area contributed by atoms with Gasteiger partial charge in [-0.3, -0.25) is 4.68 Å². The van der Waals surface area contributed by atoms with Gasteiger partial charge in [0.1, 0.15) is 0 Å². The fourth-order valence-electron chi connectivity index (χ4n) is 2.98. The lowest BCUT2D eigenvalue weighted by Crippen LogP contribution is -2.14. The van der Waals surface area contributed by atoms with Crippen LogP contribution in [0.5, 0.6) is 0 Å². The van der Waals surface area contributed by atoms with Gasteiger partial charge in [0.05, 0.1) is 11.4 Å². The van der Waals surface area contributed by atoms with Crippen molar-refractivity contribution >= 4 is 0 Å². The molecular formula is C18H35N3. The topological polar surface area (TPSA) is 43.8 Å². The molecule has 1 heterocycles. The van der Waals surface area contributed by atoms with Crippen LogP contribution < -0.4 is 5.73 Å². The maximum Gasteiger partial charge on any atom is 0.0597 e. The number of aryl methyl sites for hydroxylation is 2. The van der Waals surface area contributed by atoms with Gasteiger partial charge < -0.3 is 5.73 Å². The van der Waals surface area contributed by atoms with E-state index >= 15 is 0 Å². The van der Waals surface area contributed by atoms with E-state index in [9.17, 15) is 0 Å². The lowest BCUT2D eigenvalue weighted by molar-refractivity contribution is 0.513. The second-order valence-electron chi connectivity index (χ2n) is 6.41. The Bertz CT molecular complexity index is 371. The molecule has 1 aromatic heterocycles. The minimum Gasteiger partial charge on any atom is -0.323 e. The van der Waals surface area contributed by atoms with Gasteiger partial charge in [0.25, 0.3) is 0 Å². The molecule has 0 amide bonds. The van der Waals surface area contributed by atoms with E-state index in [1.165, 1.54) is 69.9 Å². The molecule has 3 heteroatoms. The van der Waals surface area contributed by atoms with E-state index in [-0.39, 0.29) is 6.04 Å². The van der Waals surface area contributed by atoms with Crippen molar-refractivity contribution in [2.45, 2.75) is 90.5 Å². The summed E-state index contributed by atoms with van der Waals surface area (Å²) in [5, 5.41) is 4.37. The number of nitrogens with two attached hydrogens (primary N) is 1.